The molecule has 1 heterocycles. The van der Waals surface area contributed by atoms with Crippen molar-refractivity contribution in [1.29, 1.82) is 0 Å². The highest BCUT2D eigenvalue weighted by atomic mass is 16.5. The first-order valence-electron chi connectivity index (χ1n) is 7.94. The maximum absolute atomic E-state index is 12.9. The van der Waals surface area contributed by atoms with Crippen molar-refractivity contribution >= 4 is 11.9 Å². The number of nitrogens with one attached hydrogen (secondary N) is 1. The van der Waals surface area contributed by atoms with Crippen LogP contribution in [0.15, 0.2) is 18.2 Å². The summed E-state index contributed by atoms with van der Waals surface area (Å²) in [6.45, 7) is 5.97. The molecule has 126 valence electrons. The topological polar surface area (TPSA) is 84.7 Å². The SMILES string of the molecule is CCC(N)CN1C(=O)NC(CC)(c2ccc(OC)c(C)c2)C1=O. The number of carbonyl (C=O) groups excluding carboxylic acids is 2. The van der Waals surface area contributed by atoms with E-state index >= 15 is 0 Å². The van der Waals surface area contributed by atoms with Crippen molar-refractivity contribution in [3.63, 3.8) is 0 Å². The molecule has 1 aliphatic rings. The lowest BCUT2D eigenvalue weighted by Crippen LogP contribution is -2.45. The number of carbonyl (C=O) groups is 2. The largest absolute Gasteiger partial charge is 0.496 e. The first-order chi connectivity index (χ1) is 10.9. The zero-order chi connectivity index (χ0) is 17.2. The number of urea groups is 1. The lowest BCUT2D eigenvalue weighted by Gasteiger charge is -2.27. The summed E-state index contributed by atoms with van der Waals surface area (Å²) in [5, 5.41) is 2.87. The number of methoxy groups -OCH3 is 1. The van der Waals surface area contributed by atoms with Crippen molar-refractivity contribution in [3.05, 3.63) is 29.3 Å². The molecule has 2 rings (SSSR count). The standard InChI is InChI=1S/C17H25N3O3/c1-5-13(18)10-20-15(21)17(6-2,19-16(20)22)12-7-8-14(23-4)11(3)9-12/h7-9,13H,5-6,10,18H2,1-4H3,(H,19,22). The number of amides is 3. The Bertz CT molecular complexity index is 617. The Kier molecular flexibility index (Phi) is 4.94. The van der Waals surface area contributed by atoms with E-state index in [4.69, 9.17) is 10.5 Å². The van der Waals surface area contributed by atoms with E-state index < -0.39 is 5.54 Å². The van der Waals surface area contributed by atoms with Gasteiger partial charge in [-0.1, -0.05) is 19.9 Å². The van der Waals surface area contributed by atoms with Crippen LogP contribution in [0.1, 0.15) is 37.8 Å². The molecule has 23 heavy (non-hydrogen) atoms. The third-order valence-corrected chi connectivity index (χ3v) is 4.54. The van der Waals surface area contributed by atoms with Gasteiger partial charge in [0.25, 0.3) is 5.91 Å². The molecular formula is C17H25N3O3. The molecule has 1 saturated heterocycles. The highest BCUT2D eigenvalue weighted by Crippen LogP contribution is 2.34. The third-order valence-electron chi connectivity index (χ3n) is 4.54. The van der Waals surface area contributed by atoms with E-state index in [0.29, 0.717) is 12.8 Å². The molecule has 1 fully saturated rings. The van der Waals surface area contributed by atoms with Crippen molar-refractivity contribution in [2.75, 3.05) is 13.7 Å². The van der Waals surface area contributed by atoms with Gasteiger partial charge >= 0.3 is 6.03 Å². The van der Waals surface area contributed by atoms with Crippen LogP contribution in [0.5, 0.6) is 5.75 Å². The molecule has 0 aliphatic carbocycles. The van der Waals surface area contributed by atoms with Gasteiger partial charge in [-0.15, -0.1) is 0 Å². The maximum atomic E-state index is 12.9. The van der Waals surface area contributed by atoms with E-state index in [1.165, 1.54) is 4.90 Å². The molecule has 0 spiro atoms. The van der Waals surface area contributed by atoms with Crippen LogP contribution in [0.3, 0.4) is 0 Å². The quantitative estimate of drug-likeness (QED) is 0.784. The molecule has 2 unspecified atom stereocenters. The number of aryl methyl sites for hydroxylation is 1. The molecule has 6 nitrogen and oxygen atoms in total. The first kappa shape index (κ1) is 17.3. The summed E-state index contributed by atoms with van der Waals surface area (Å²) in [5.41, 5.74) is 6.58. The van der Waals surface area contributed by atoms with E-state index in [0.717, 1.165) is 16.9 Å². The van der Waals surface area contributed by atoms with E-state index in [2.05, 4.69) is 5.32 Å². The van der Waals surface area contributed by atoms with Crippen LogP contribution in [0.25, 0.3) is 0 Å². The fraction of sp³-hybridized carbons (Fsp3) is 0.529. The van der Waals surface area contributed by atoms with Crippen LogP contribution in [-0.2, 0) is 10.3 Å². The molecule has 3 N–H and O–H groups in total. The number of nitrogens with two attached hydrogens (primary N) is 1. The monoisotopic (exact) mass is 319 g/mol. The third kappa shape index (κ3) is 2.91. The van der Waals surface area contributed by atoms with E-state index in [1.54, 1.807) is 7.11 Å². The molecule has 6 heteroatoms. The summed E-state index contributed by atoms with van der Waals surface area (Å²) >= 11 is 0. The summed E-state index contributed by atoms with van der Waals surface area (Å²) < 4.78 is 5.27. The fourth-order valence-corrected chi connectivity index (χ4v) is 2.94. The van der Waals surface area contributed by atoms with Crippen molar-refractivity contribution in [2.24, 2.45) is 5.73 Å². The van der Waals surface area contributed by atoms with Gasteiger partial charge in [-0.2, -0.15) is 0 Å². The van der Waals surface area contributed by atoms with Gasteiger partial charge in [-0.25, -0.2) is 4.79 Å². The van der Waals surface area contributed by atoms with Gasteiger partial charge < -0.3 is 15.8 Å². The average Bonchev–Trinajstić information content (AvgIpc) is 2.79. The zero-order valence-electron chi connectivity index (χ0n) is 14.2. The second-order valence-corrected chi connectivity index (χ2v) is 5.96. The van der Waals surface area contributed by atoms with Crippen LogP contribution in [0.2, 0.25) is 0 Å². The molecule has 1 aliphatic heterocycles. The average molecular weight is 319 g/mol. The number of imide groups is 1. The highest BCUT2D eigenvalue weighted by molar-refractivity contribution is 6.07. The van der Waals surface area contributed by atoms with Gasteiger partial charge in [0.1, 0.15) is 11.3 Å². The van der Waals surface area contributed by atoms with Crippen LogP contribution in [0, 0.1) is 6.92 Å². The summed E-state index contributed by atoms with van der Waals surface area (Å²) in [6.07, 6.45) is 1.18. The van der Waals surface area contributed by atoms with Crippen molar-refractivity contribution in [1.82, 2.24) is 10.2 Å². The molecule has 1 aromatic carbocycles. The molecule has 0 radical (unpaired) electrons. The summed E-state index contributed by atoms with van der Waals surface area (Å²) in [7, 11) is 1.61. The Labute approximate surface area is 137 Å². The smallest absolute Gasteiger partial charge is 0.325 e. The maximum Gasteiger partial charge on any atom is 0.325 e. The van der Waals surface area contributed by atoms with Crippen molar-refractivity contribution < 1.29 is 14.3 Å². The minimum atomic E-state index is -1.03. The molecular weight excluding hydrogens is 294 g/mol. The molecule has 3 amide bonds. The molecule has 0 saturated carbocycles. The Hall–Kier alpha value is -2.08. The summed E-state index contributed by atoms with van der Waals surface area (Å²) in [6, 6.07) is 4.95. The Balaban J connectivity index is 2.40. The summed E-state index contributed by atoms with van der Waals surface area (Å²) in [5.74, 6) is 0.514. The van der Waals surface area contributed by atoms with Gasteiger partial charge in [0.2, 0.25) is 0 Å². The Morgan fingerprint density at radius 3 is 2.57 bits per heavy atom. The normalized spacial score (nSPS) is 22.2. The minimum Gasteiger partial charge on any atom is -0.496 e. The second-order valence-electron chi connectivity index (χ2n) is 5.96. The van der Waals surface area contributed by atoms with Gasteiger partial charge in [-0.05, 0) is 43.0 Å². The minimum absolute atomic E-state index is 0.213. The molecule has 1 aromatic rings. The first-order valence-corrected chi connectivity index (χ1v) is 7.94. The number of rotatable bonds is 6. The summed E-state index contributed by atoms with van der Waals surface area (Å²) in [4.78, 5) is 26.5. The van der Waals surface area contributed by atoms with Crippen LogP contribution < -0.4 is 15.8 Å². The lowest BCUT2D eigenvalue weighted by molar-refractivity contribution is -0.132. The van der Waals surface area contributed by atoms with E-state index in [9.17, 15) is 9.59 Å². The van der Waals surface area contributed by atoms with Gasteiger partial charge in [0.15, 0.2) is 0 Å². The van der Waals surface area contributed by atoms with E-state index in [-0.39, 0.29) is 24.5 Å². The number of nitrogens with zero attached hydrogens (tertiary/aromatic N) is 1. The van der Waals surface area contributed by atoms with Gasteiger partial charge in [-0.3, -0.25) is 9.69 Å². The highest BCUT2D eigenvalue weighted by Gasteiger charge is 2.51. The number of benzene rings is 1. The van der Waals surface area contributed by atoms with Gasteiger partial charge in [0.05, 0.1) is 7.11 Å². The van der Waals surface area contributed by atoms with Crippen LogP contribution in [0.4, 0.5) is 4.79 Å². The Morgan fingerprint density at radius 2 is 2.04 bits per heavy atom. The number of hydrogen-bond donors (Lipinski definition) is 2. The van der Waals surface area contributed by atoms with E-state index in [1.807, 2.05) is 39.0 Å². The van der Waals surface area contributed by atoms with Crippen LogP contribution >= 0.6 is 0 Å². The zero-order valence-corrected chi connectivity index (χ0v) is 14.2. The molecule has 0 bridgehead atoms. The van der Waals surface area contributed by atoms with Crippen molar-refractivity contribution in [2.45, 2.75) is 45.2 Å². The lowest BCUT2D eigenvalue weighted by atomic mass is 9.86. The predicted octanol–water partition coefficient (Wildman–Crippen LogP) is 1.90. The fourth-order valence-electron chi connectivity index (χ4n) is 2.94. The Morgan fingerprint density at radius 1 is 1.35 bits per heavy atom. The number of hydrogen-bond acceptors (Lipinski definition) is 4. The number of ether oxygens (including phenoxy) is 1. The van der Waals surface area contributed by atoms with Gasteiger partial charge in [0, 0.05) is 12.6 Å². The predicted molar refractivity (Wildman–Crippen MR) is 88.2 cm³/mol. The van der Waals surface area contributed by atoms with Crippen LogP contribution in [-0.4, -0.2) is 36.5 Å². The molecule has 0 aromatic heterocycles. The molecule has 2 atom stereocenters. The van der Waals surface area contributed by atoms with Crippen molar-refractivity contribution in [3.8, 4) is 5.75 Å². The second kappa shape index (κ2) is 6.58.